The number of aryl methyl sites for hydroxylation is 1. The molecule has 2 aromatic rings. The molecular formula is C16H24N4O2. The molecule has 1 amide bonds. The fourth-order valence-electron chi connectivity index (χ4n) is 2.27. The van der Waals surface area contributed by atoms with Crippen LogP contribution in [0.2, 0.25) is 0 Å². The lowest BCUT2D eigenvalue weighted by Gasteiger charge is -2.22. The SMILES string of the molecule is COCCN(CC(=O)N(C)C)Cc1cn2c(C)cccc2n1. The maximum Gasteiger partial charge on any atom is 0.236 e. The lowest BCUT2D eigenvalue weighted by Crippen LogP contribution is -2.38. The number of hydrogen-bond acceptors (Lipinski definition) is 4. The minimum Gasteiger partial charge on any atom is -0.383 e. The largest absolute Gasteiger partial charge is 0.383 e. The number of amides is 1. The molecule has 0 spiro atoms. The third kappa shape index (κ3) is 4.05. The van der Waals surface area contributed by atoms with Crippen molar-refractivity contribution in [2.75, 3.05) is 40.9 Å². The molecule has 6 heteroatoms. The molecule has 2 aromatic heterocycles. The van der Waals surface area contributed by atoms with Gasteiger partial charge in [0, 0.05) is 46.2 Å². The number of hydrogen-bond donors (Lipinski definition) is 0. The molecule has 0 saturated carbocycles. The lowest BCUT2D eigenvalue weighted by molar-refractivity contribution is -0.130. The van der Waals surface area contributed by atoms with E-state index in [0.717, 1.165) is 17.0 Å². The molecular weight excluding hydrogens is 280 g/mol. The van der Waals surface area contributed by atoms with Crippen molar-refractivity contribution >= 4 is 11.6 Å². The van der Waals surface area contributed by atoms with Gasteiger partial charge in [-0.1, -0.05) is 6.07 Å². The zero-order valence-electron chi connectivity index (χ0n) is 13.7. The number of imidazole rings is 1. The second-order valence-corrected chi connectivity index (χ2v) is 5.62. The number of ether oxygens (including phenoxy) is 1. The van der Waals surface area contributed by atoms with Gasteiger partial charge in [0.2, 0.25) is 5.91 Å². The van der Waals surface area contributed by atoms with Crippen LogP contribution in [-0.4, -0.2) is 66.0 Å². The summed E-state index contributed by atoms with van der Waals surface area (Å²) < 4.78 is 7.20. The van der Waals surface area contributed by atoms with E-state index in [-0.39, 0.29) is 5.91 Å². The molecule has 0 aliphatic carbocycles. The zero-order valence-corrected chi connectivity index (χ0v) is 13.7. The number of carbonyl (C=O) groups excluding carboxylic acids is 1. The summed E-state index contributed by atoms with van der Waals surface area (Å²) in [5.41, 5.74) is 3.03. The summed E-state index contributed by atoms with van der Waals surface area (Å²) in [6, 6.07) is 6.04. The Morgan fingerprint density at radius 2 is 2.14 bits per heavy atom. The predicted octanol–water partition coefficient (Wildman–Crippen LogP) is 1.18. The smallest absolute Gasteiger partial charge is 0.236 e. The summed E-state index contributed by atoms with van der Waals surface area (Å²) in [5.74, 6) is 0.0797. The van der Waals surface area contributed by atoms with E-state index in [9.17, 15) is 4.79 Å². The Kier molecular flexibility index (Phi) is 5.51. The van der Waals surface area contributed by atoms with Gasteiger partial charge in [-0.2, -0.15) is 0 Å². The molecule has 0 saturated heterocycles. The van der Waals surface area contributed by atoms with Crippen LogP contribution >= 0.6 is 0 Å². The van der Waals surface area contributed by atoms with Crippen LogP contribution in [-0.2, 0) is 16.1 Å². The van der Waals surface area contributed by atoms with Crippen LogP contribution in [0.5, 0.6) is 0 Å². The molecule has 120 valence electrons. The van der Waals surface area contributed by atoms with Gasteiger partial charge in [0.05, 0.1) is 18.8 Å². The monoisotopic (exact) mass is 304 g/mol. The summed E-state index contributed by atoms with van der Waals surface area (Å²) in [7, 11) is 5.20. The molecule has 0 fully saturated rings. The summed E-state index contributed by atoms with van der Waals surface area (Å²) in [6.45, 7) is 4.33. The molecule has 0 aromatic carbocycles. The van der Waals surface area contributed by atoms with Crippen LogP contribution in [0, 0.1) is 6.92 Å². The normalized spacial score (nSPS) is 11.3. The van der Waals surface area contributed by atoms with Crippen molar-refractivity contribution in [3.8, 4) is 0 Å². The molecule has 0 aliphatic rings. The Balaban J connectivity index is 2.13. The number of likely N-dealkylation sites (N-methyl/N-ethyl adjacent to an activating group) is 1. The van der Waals surface area contributed by atoms with Crippen molar-refractivity contribution in [1.82, 2.24) is 19.2 Å². The van der Waals surface area contributed by atoms with Crippen LogP contribution in [0.4, 0.5) is 0 Å². The molecule has 2 heterocycles. The van der Waals surface area contributed by atoms with Crippen molar-refractivity contribution < 1.29 is 9.53 Å². The quantitative estimate of drug-likeness (QED) is 0.771. The summed E-state index contributed by atoms with van der Waals surface area (Å²) >= 11 is 0. The lowest BCUT2D eigenvalue weighted by atomic mass is 10.3. The maximum atomic E-state index is 12.0. The van der Waals surface area contributed by atoms with Gasteiger partial charge in [0.1, 0.15) is 5.65 Å². The number of pyridine rings is 1. The predicted molar refractivity (Wildman–Crippen MR) is 85.8 cm³/mol. The highest BCUT2D eigenvalue weighted by Crippen LogP contribution is 2.10. The first kappa shape index (κ1) is 16.5. The van der Waals surface area contributed by atoms with E-state index >= 15 is 0 Å². The van der Waals surface area contributed by atoms with E-state index in [1.54, 1.807) is 26.1 Å². The van der Waals surface area contributed by atoms with Crippen LogP contribution in [0.25, 0.3) is 5.65 Å². The first-order valence-electron chi connectivity index (χ1n) is 7.36. The summed E-state index contributed by atoms with van der Waals surface area (Å²) in [6.07, 6.45) is 2.03. The molecule has 0 N–H and O–H groups in total. The van der Waals surface area contributed by atoms with Crippen molar-refractivity contribution in [1.29, 1.82) is 0 Å². The molecule has 2 rings (SSSR count). The zero-order chi connectivity index (χ0) is 16.1. The van der Waals surface area contributed by atoms with Crippen molar-refractivity contribution in [3.05, 3.63) is 35.8 Å². The Morgan fingerprint density at radius 1 is 1.36 bits per heavy atom. The molecule has 0 radical (unpaired) electrons. The van der Waals surface area contributed by atoms with Crippen molar-refractivity contribution in [2.45, 2.75) is 13.5 Å². The van der Waals surface area contributed by atoms with E-state index in [4.69, 9.17) is 4.74 Å². The van der Waals surface area contributed by atoms with Gasteiger partial charge >= 0.3 is 0 Å². The van der Waals surface area contributed by atoms with E-state index in [2.05, 4.69) is 27.3 Å². The standard InChI is InChI=1S/C16H24N4O2/c1-13-6-5-7-15-17-14(11-20(13)15)10-19(8-9-22-4)12-16(21)18(2)3/h5-7,11H,8-10,12H2,1-4H3. The molecule has 0 atom stereocenters. The Hall–Kier alpha value is -1.92. The van der Waals surface area contributed by atoms with E-state index < -0.39 is 0 Å². The number of methoxy groups -OCH3 is 1. The average molecular weight is 304 g/mol. The van der Waals surface area contributed by atoms with Gasteiger partial charge in [0.15, 0.2) is 0 Å². The number of rotatable bonds is 7. The second-order valence-electron chi connectivity index (χ2n) is 5.62. The highest BCUT2D eigenvalue weighted by Gasteiger charge is 2.14. The third-order valence-corrected chi connectivity index (χ3v) is 3.60. The maximum absolute atomic E-state index is 12.0. The van der Waals surface area contributed by atoms with E-state index in [1.807, 2.05) is 18.3 Å². The van der Waals surface area contributed by atoms with Gasteiger partial charge < -0.3 is 14.0 Å². The minimum atomic E-state index is 0.0797. The fourth-order valence-corrected chi connectivity index (χ4v) is 2.27. The molecule has 22 heavy (non-hydrogen) atoms. The number of fused-ring (bicyclic) bond motifs is 1. The van der Waals surface area contributed by atoms with Gasteiger partial charge in [-0.15, -0.1) is 0 Å². The highest BCUT2D eigenvalue weighted by atomic mass is 16.5. The van der Waals surface area contributed by atoms with E-state index in [0.29, 0.717) is 26.2 Å². The summed E-state index contributed by atoms with van der Waals surface area (Å²) in [4.78, 5) is 20.2. The number of nitrogens with zero attached hydrogens (tertiary/aromatic N) is 4. The average Bonchev–Trinajstić information content (AvgIpc) is 2.88. The Morgan fingerprint density at radius 3 is 2.77 bits per heavy atom. The molecule has 0 aliphatic heterocycles. The van der Waals surface area contributed by atoms with Gasteiger partial charge in [0.25, 0.3) is 0 Å². The fraction of sp³-hybridized carbons (Fsp3) is 0.500. The molecule has 6 nitrogen and oxygen atoms in total. The van der Waals surface area contributed by atoms with E-state index in [1.165, 1.54) is 0 Å². The van der Waals surface area contributed by atoms with Gasteiger partial charge in [-0.3, -0.25) is 9.69 Å². The van der Waals surface area contributed by atoms with Crippen molar-refractivity contribution in [2.24, 2.45) is 0 Å². The van der Waals surface area contributed by atoms with Gasteiger partial charge in [-0.05, 0) is 19.1 Å². The Bertz CT molecular complexity index is 636. The first-order valence-corrected chi connectivity index (χ1v) is 7.36. The van der Waals surface area contributed by atoms with Crippen LogP contribution in [0.3, 0.4) is 0 Å². The first-order chi connectivity index (χ1) is 10.5. The van der Waals surface area contributed by atoms with Crippen LogP contribution in [0.15, 0.2) is 24.4 Å². The highest BCUT2D eigenvalue weighted by molar-refractivity contribution is 5.77. The van der Waals surface area contributed by atoms with Crippen LogP contribution < -0.4 is 0 Å². The topological polar surface area (TPSA) is 50.1 Å². The molecule has 0 unspecified atom stereocenters. The Labute approximate surface area is 131 Å². The minimum absolute atomic E-state index is 0.0797. The number of aromatic nitrogens is 2. The summed E-state index contributed by atoms with van der Waals surface area (Å²) in [5, 5.41) is 0. The van der Waals surface area contributed by atoms with Crippen LogP contribution in [0.1, 0.15) is 11.4 Å². The third-order valence-electron chi connectivity index (χ3n) is 3.60. The van der Waals surface area contributed by atoms with Gasteiger partial charge in [-0.25, -0.2) is 4.98 Å². The number of carbonyl (C=O) groups is 1. The second kappa shape index (κ2) is 7.38. The molecule has 0 bridgehead atoms. The van der Waals surface area contributed by atoms with Crippen molar-refractivity contribution in [3.63, 3.8) is 0 Å².